The van der Waals surface area contributed by atoms with Gasteiger partial charge in [-0.3, -0.25) is 0 Å². The number of aryl methyl sites for hydroxylation is 1. The normalized spacial score (nSPS) is 11.9. The summed E-state index contributed by atoms with van der Waals surface area (Å²) in [5, 5.41) is 11.9. The van der Waals surface area contributed by atoms with Crippen LogP contribution in [-0.2, 0) is 0 Å². The average Bonchev–Trinajstić information content (AvgIpc) is 2.36. The lowest BCUT2D eigenvalue weighted by Crippen LogP contribution is -2.31. The molecular weight excluding hydrogens is 210 g/mol. The van der Waals surface area contributed by atoms with Crippen LogP contribution in [0.2, 0.25) is 0 Å². The molecular formula is C14H21N3. The second-order valence-electron chi connectivity index (χ2n) is 4.13. The van der Waals surface area contributed by atoms with Gasteiger partial charge in [0.1, 0.15) is 0 Å². The number of anilines is 1. The molecule has 3 heteroatoms. The van der Waals surface area contributed by atoms with Crippen LogP contribution in [0.4, 0.5) is 5.69 Å². The predicted molar refractivity (Wildman–Crippen MR) is 72.1 cm³/mol. The fraction of sp³-hybridized carbons (Fsp3) is 0.500. The van der Waals surface area contributed by atoms with Gasteiger partial charge < -0.3 is 10.2 Å². The Kier molecular flexibility index (Phi) is 5.51. The number of nitrogens with zero attached hydrogens (tertiary/aromatic N) is 2. The summed E-state index contributed by atoms with van der Waals surface area (Å²) in [7, 11) is 1.83. The van der Waals surface area contributed by atoms with Crippen LogP contribution in [0.25, 0.3) is 0 Å². The van der Waals surface area contributed by atoms with Crippen LogP contribution in [0.1, 0.15) is 18.9 Å². The maximum Gasteiger partial charge on any atom is 0.0967 e. The van der Waals surface area contributed by atoms with E-state index >= 15 is 0 Å². The third-order valence-corrected chi connectivity index (χ3v) is 3.03. The molecule has 0 saturated heterocycles. The minimum atomic E-state index is -0.0620. The molecule has 1 unspecified atom stereocenters. The minimum absolute atomic E-state index is 0.0620. The van der Waals surface area contributed by atoms with Gasteiger partial charge in [-0.25, -0.2) is 0 Å². The summed E-state index contributed by atoms with van der Waals surface area (Å²) >= 11 is 0. The maximum atomic E-state index is 8.91. The molecule has 92 valence electrons. The van der Waals surface area contributed by atoms with Crippen molar-refractivity contribution in [2.45, 2.75) is 26.3 Å². The largest absolute Gasteiger partial charge is 0.372 e. The van der Waals surface area contributed by atoms with Gasteiger partial charge in [0.15, 0.2) is 0 Å². The lowest BCUT2D eigenvalue weighted by atomic mass is 10.1. The molecule has 1 atom stereocenters. The van der Waals surface area contributed by atoms with Crippen molar-refractivity contribution in [1.29, 1.82) is 5.26 Å². The lowest BCUT2D eigenvalue weighted by molar-refractivity contribution is 0.611. The Balaban J connectivity index is 2.67. The highest BCUT2D eigenvalue weighted by atomic mass is 15.1. The fourth-order valence-electron chi connectivity index (χ4n) is 1.93. The summed E-state index contributed by atoms with van der Waals surface area (Å²) < 4.78 is 0. The van der Waals surface area contributed by atoms with E-state index in [1.807, 2.05) is 7.05 Å². The van der Waals surface area contributed by atoms with E-state index in [0.29, 0.717) is 0 Å². The van der Waals surface area contributed by atoms with Crippen LogP contribution in [-0.4, -0.2) is 26.2 Å². The van der Waals surface area contributed by atoms with E-state index in [1.165, 1.54) is 11.3 Å². The van der Waals surface area contributed by atoms with Crippen molar-refractivity contribution in [2.24, 2.45) is 0 Å². The van der Waals surface area contributed by atoms with E-state index in [1.54, 1.807) is 0 Å². The number of para-hydroxylation sites is 1. The van der Waals surface area contributed by atoms with Gasteiger partial charge in [0, 0.05) is 18.8 Å². The monoisotopic (exact) mass is 231 g/mol. The quantitative estimate of drug-likeness (QED) is 0.816. The summed E-state index contributed by atoms with van der Waals surface area (Å²) in [5.74, 6) is 0. The highest BCUT2D eigenvalue weighted by Crippen LogP contribution is 2.19. The summed E-state index contributed by atoms with van der Waals surface area (Å²) in [5.41, 5.74) is 2.55. The smallest absolute Gasteiger partial charge is 0.0967 e. The molecule has 17 heavy (non-hydrogen) atoms. The highest BCUT2D eigenvalue weighted by molar-refractivity contribution is 5.52. The second kappa shape index (κ2) is 6.93. The van der Waals surface area contributed by atoms with Crippen molar-refractivity contribution in [1.82, 2.24) is 5.32 Å². The molecule has 0 amide bonds. The van der Waals surface area contributed by atoms with Crippen LogP contribution < -0.4 is 10.2 Å². The van der Waals surface area contributed by atoms with Crippen molar-refractivity contribution in [3.05, 3.63) is 29.8 Å². The van der Waals surface area contributed by atoms with E-state index < -0.39 is 0 Å². The highest BCUT2D eigenvalue weighted by Gasteiger charge is 2.10. The van der Waals surface area contributed by atoms with Crippen LogP contribution >= 0.6 is 0 Å². The molecule has 3 nitrogen and oxygen atoms in total. The van der Waals surface area contributed by atoms with Gasteiger partial charge in [0.2, 0.25) is 0 Å². The van der Waals surface area contributed by atoms with Crippen molar-refractivity contribution < 1.29 is 0 Å². The Morgan fingerprint density at radius 1 is 1.41 bits per heavy atom. The van der Waals surface area contributed by atoms with Crippen molar-refractivity contribution >= 4 is 5.69 Å². The summed E-state index contributed by atoms with van der Waals surface area (Å²) in [6.07, 6.45) is 0.842. The van der Waals surface area contributed by atoms with Crippen LogP contribution in [0.5, 0.6) is 0 Å². The second-order valence-corrected chi connectivity index (χ2v) is 4.13. The predicted octanol–water partition coefficient (Wildman–Crippen LogP) is 2.32. The van der Waals surface area contributed by atoms with Crippen molar-refractivity contribution in [2.75, 3.05) is 25.0 Å². The third kappa shape index (κ3) is 3.76. The minimum Gasteiger partial charge on any atom is -0.372 e. The van der Waals surface area contributed by atoms with E-state index in [0.717, 1.165) is 19.5 Å². The molecule has 0 heterocycles. The zero-order chi connectivity index (χ0) is 12.7. The first-order valence-electron chi connectivity index (χ1n) is 6.10. The lowest BCUT2D eigenvalue weighted by Gasteiger charge is -2.25. The van der Waals surface area contributed by atoms with Gasteiger partial charge in [-0.2, -0.15) is 5.26 Å². The molecule has 1 aromatic carbocycles. The molecule has 0 aliphatic heterocycles. The van der Waals surface area contributed by atoms with Crippen LogP contribution in [0, 0.1) is 18.3 Å². The number of rotatable bonds is 6. The molecule has 1 N–H and O–H groups in total. The Hall–Kier alpha value is -1.53. The Morgan fingerprint density at radius 3 is 2.65 bits per heavy atom. The van der Waals surface area contributed by atoms with Gasteiger partial charge in [0.05, 0.1) is 12.1 Å². The molecule has 0 bridgehead atoms. The average molecular weight is 231 g/mol. The van der Waals surface area contributed by atoms with Gasteiger partial charge in [-0.05, 0) is 38.9 Å². The van der Waals surface area contributed by atoms with Crippen LogP contribution in [0.3, 0.4) is 0 Å². The van der Waals surface area contributed by atoms with Crippen molar-refractivity contribution in [3.63, 3.8) is 0 Å². The molecule has 0 radical (unpaired) electrons. The number of hydrogen-bond donors (Lipinski definition) is 1. The number of hydrogen-bond acceptors (Lipinski definition) is 3. The molecule has 1 rings (SSSR count). The van der Waals surface area contributed by atoms with Gasteiger partial charge in [0.25, 0.3) is 0 Å². The van der Waals surface area contributed by atoms with Gasteiger partial charge >= 0.3 is 0 Å². The molecule has 0 saturated carbocycles. The first kappa shape index (κ1) is 13.5. The van der Waals surface area contributed by atoms with E-state index in [2.05, 4.69) is 54.4 Å². The van der Waals surface area contributed by atoms with E-state index in [9.17, 15) is 0 Å². The molecule has 0 aliphatic rings. The van der Waals surface area contributed by atoms with Crippen molar-refractivity contribution in [3.8, 4) is 6.07 Å². The SMILES string of the molecule is CCN(CCC(C#N)NC)c1ccccc1C. The Labute approximate surface area is 104 Å². The molecule has 0 aromatic heterocycles. The first-order chi connectivity index (χ1) is 8.22. The molecule has 0 aliphatic carbocycles. The third-order valence-electron chi connectivity index (χ3n) is 3.03. The fourth-order valence-corrected chi connectivity index (χ4v) is 1.93. The zero-order valence-corrected chi connectivity index (χ0v) is 10.9. The van der Waals surface area contributed by atoms with Gasteiger partial charge in [-0.1, -0.05) is 18.2 Å². The molecule has 0 spiro atoms. The summed E-state index contributed by atoms with van der Waals surface area (Å²) in [6, 6.07) is 10.6. The number of benzene rings is 1. The Bertz CT molecular complexity index is 381. The maximum absolute atomic E-state index is 8.91. The van der Waals surface area contributed by atoms with Crippen LogP contribution in [0.15, 0.2) is 24.3 Å². The Morgan fingerprint density at radius 2 is 2.12 bits per heavy atom. The van der Waals surface area contributed by atoms with Gasteiger partial charge in [-0.15, -0.1) is 0 Å². The summed E-state index contributed by atoms with van der Waals surface area (Å²) in [6.45, 7) is 6.14. The van der Waals surface area contributed by atoms with E-state index in [-0.39, 0.29) is 6.04 Å². The standard InChI is InChI=1S/C14H21N3/c1-4-17(10-9-13(11-15)16-3)14-8-6-5-7-12(14)2/h5-8,13,16H,4,9-10H2,1-3H3. The number of nitrogens with one attached hydrogen (secondary N) is 1. The number of nitriles is 1. The topological polar surface area (TPSA) is 39.1 Å². The van der Waals surface area contributed by atoms with E-state index in [4.69, 9.17) is 5.26 Å². The summed E-state index contributed by atoms with van der Waals surface area (Å²) in [4.78, 5) is 2.32. The molecule has 1 aromatic rings. The first-order valence-corrected chi connectivity index (χ1v) is 6.10. The molecule has 0 fully saturated rings. The zero-order valence-electron chi connectivity index (χ0n) is 10.9.